The molecule has 0 bridgehead atoms. The number of morpholine rings is 1. The van der Waals surface area contributed by atoms with E-state index < -0.39 is 0 Å². The van der Waals surface area contributed by atoms with Crippen LogP contribution in [0.3, 0.4) is 0 Å². The normalized spacial score (nSPS) is 46.3. The highest BCUT2D eigenvalue weighted by Gasteiger charge is 2.58. The van der Waals surface area contributed by atoms with Crippen molar-refractivity contribution in [3.63, 3.8) is 0 Å². The van der Waals surface area contributed by atoms with Crippen LogP contribution in [0.15, 0.2) is 12.2 Å². The molecule has 6 rings (SSSR count). The molecule has 0 aromatic rings. The minimum atomic E-state index is -0.211. The molecule has 4 aliphatic carbocycles. The number of hydrogen-bond acceptors (Lipinski definition) is 6. The molecule has 7 unspecified atom stereocenters. The summed E-state index contributed by atoms with van der Waals surface area (Å²) in [6, 6.07) is 0.688. The predicted molar refractivity (Wildman–Crippen MR) is 156 cm³/mol. The Balaban J connectivity index is 1.30. The first-order chi connectivity index (χ1) is 19.6. The van der Waals surface area contributed by atoms with Gasteiger partial charge in [-0.25, -0.2) is 0 Å². The van der Waals surface area contributed by atoms with E-state index in [0.29, 0.717) is 48.3 Å². The van der Waals surface area contributed by atoms with E-state index in [4.69, 9.17) is 18.9 Å². The number of carbonyl (C=O) groups is 1. The fourth-order valence-corrected chi connectivity index (χ4v) is 10.3. The predicted octanol–water partition coefficient (Wildman–Crippen LogP) is 6.03. The highest BCUT2D eigenvalue weighted by Crippen LogP contribution is 2.57. The van der Waals surface area contributed by atoms with E-state index in [1.165, 1.54) is 64.2 Å². The van der Waals surface area contributed by atoms with Gasteiger partial charge < -0.3 is 18.9 Å². The fraction of sp³-hybridized carbons (Fsp3) is 0.912. The highest BCUT2D eigenvalue weighted by atomic mass is 16.5. The molecule has 6 aliphatic rings. The van der Waals surface area contributed by atoms with Crippen LogP contribution in [0.4, 0.5) is 0 Å². The summed E-state index contributed by atoms with van der Waals surface area (Å²) in [6.45, 7) is 8.64. The van der Waals surface area contributed by atoms with Crippen molar-refractivity contribution in [1.82, 2.24) is 4.90 Å². The molecule has 0 N–H and O–H groups in total. The van der Waals surface area contributed by atoms with E-state index in [1.807, 2.05) is 14.0 Å². The van der Waals surface area contributed by atoms with Crippen LogP contribution in [0.25, 0.3) is 0 Å². The third kappa shape index (κ3) is 5.44. The minimum absolute atomic E-state index is 0.00129. The molecule has 40 heavy (non-hydrogen) atoms. The molecule has 5 fully saturated rings. The summed E-state index contributed by atoms with van der Waals surface area (Å²) in [7, 11) is 1.87. The van der Waals surface area contributed by atoms with Gasteiger partial charge >= 0.3 is 5.97 Å². The van der Waals surface area contributed by atoms with E-state index in [9.17, 15) is 4.79 Å². The number of hydrogen-bond donors (Lipinski definition) is 0. The molecule has 226 valence electrons. The maximum absolute atomic E-state index is 13.4. The van der Waals surface area contributed by atoms with Crippen LogP contribution in [-0.2, 0) is 23.7 Å². The van der Waals surface area contributed by atoms with Gasteiger partial charge in [-0.1, -0.05) is 31.9 Å². The average molecular weight is 558 g/mol. The second-order valence-electron chi connectivity index (χ2n) is 14.0. The van der Waals surface area contributed by atoms with E-state index in [-0.39, 0.29) is 29.5 Å². The van der Waals surface area contributed by atoms with E-state index in [1.54, 1.807) is 0 Å². The maximum atomic E-state index is 13.4. The molecular formula is C34H55NO5. The molecule has 4 saturated carbocycles. The van der Waals surface area contributed by atoms with Crippen molar-refractivity contribution >= 4 is 5.97 Å². The molecule has 0 spiro atoms. The van der Waals surface area contributed by atoms with Crippen molar-refractivity contribution in [2.45, 2.75) is 115 Å². The smallest absolute Gasteiger partial charge is 0.309 e. The van der Waals surface area contributed by atoms with Crippen molar-refractivity contribution in [2.75, 3.05) is 40.0 Å². The number of methoxy groups -OCH3 is 1. The van der Waals surface area contributed by atoms with E-state index >= 15 is 0 Å². The summed E-state index contributed by atoms with van der Waals surface area (Å²) in [6.07, 6.45) is 20.2. The van der Waals surface area contributed by atoms with Gasteiger partial charge in [-0.3, -0.25) is 9.69 Å². The van der Waals surface area contributed by atoms with Crippen molar-refractivity contribution in [1.29, 1.82) is 0 Å². The molecule has 0 amide bonds. The molecule has 6 heteroatoms. The third-order valence-electron chi connectivity index (χ3n) is 12.4. The summed E-state index contributed by atoms with van der Waals surface area (Å²) in [5.74, 6) is 2.62. The number of fused-ring (bicyclic) bond motifs is 3. The maximum Gasteiger partial charge on any atom is 0.309 e. The Labute approximate surface area is 242 Å². The third-order valence-corrected chi connectivity index (χ3v) is 12.4. The lowest BCUT2D eigenvalue weighted by molar-refractivity contribution is -0.220. The van der Waals surface area contributed by atoms with Gasteiger partial charge in [0.2, 0.25) is 0 Å². The monoisotopic (exact) mass is 557 g/mol. The summed E-state index contributed by atoms with van der Waals surface area (Å²) in [5, 5.41) is 0. The zero-order valence-corrected chi connectivity index (χ0v) is 25.4. The second kappa shape index (κ2) is 12.7. The number of carbonyl (C=O) groups excluding carboxylic acids is 1. The second-order valence-corrected chi connectivity index (χ2v) is 14.0. The Bertz CT molecular complexity index is 872. The lowest BCUT2D eigenvalue weighted by Gasteiger charge is -2.59. The van der Waals surface area contributed by atoms with Crippen molar-refractivity contribution in [3.05, 3.63) is 12.2 Å². The number of ether oxygens (including phenoxy) is 4. The van der Waals surface area contributed by atoms with Crippen LogP contribution in [0.1, 0.15) is 90.9 Å². The Kier molecular flexibility index (Phi) is 9.27. The fourth-order valence-electron chi connectivity index (χ4n) is 10.3. The van der Waals surface area contributed by atoms with Gasteiger partial charge in [-0.2, -0.15) is 0 Å². The van der Waals surface area contributed by atoms with Crippen LogP contribution in [0.5, 0.6) is 0 Å². The van der Waals surface area contributed by atoms with E-state index in [2.05, 4.69) is 24.0 Å². The first-order valence-electron chi connectivity index (χ1n) is 16.9. The molecule has 6 nitrogen and oxygen atoms in total. The van der Waals surface area contributed by atoms with Gasteiger partial charge in [0.25, 0.3) is 0 Å². The molecule has 1 saturated heterocycles. The first-order valence-corrected chi connectivity index (χ1v) is 16.9. The highest BCUT2D eigenvalue weighted by molar-refractivity contribution is 5.74. The zero-order valence-electron chi connectivity index (χ0n) is 25.4. The average Bonchev–Trinajstić information content (AvgIpc) is 3.02. The Hall–Kier alpha value is -0.950. The molecule has 2 aliphatic heterocycles. The summed E-state index contributed by atoms with van der Waals surface area (Å²) >= 11 is 0. The largest absolute Gasteiger partial charge is 0.466 e. The molecular weight excluding hydrogens is 502 g/mol. The minimum Gasteiger partial charge on any atom is -0.466 e. The van der Waals surface area contributed by atoms with Gasteiger partial charge in [0.15, 0.2) is 0 Å². The quantitative estimate of drug-likeness (QED) is 0.294. The molecule has 2 heterocycles. The summed E-state index contributed by atoms with van der Waals surface area (Å²) in [4.78, 5) is 16.1. The van der Waals surface area contributed by atoms with Crippen LogP contribution in [0.2, 0.25) is 0 Å². The summed E-state index contributed by atoms with van der Waals surface area (Å²) < 4.78 is 24.9. The van der Waals surface area contributed by atoms with Gasteiger partial charge in [-0.15, -0.1) is 0 Å². The molecule has 0 aromatic carbocycles. The van der Waals surface area contributed by atoms with Crippen LogP contribution in [0, 0.1) is 41.4 Å². The zero-order chi connectivity index (χ0) is 27.7. The van der Waals surface area contributed by atoms with Gasteiger partial charge in [-0.05, 0) is 101 Å². The lowest BCUT2D eigenvalue weighted by Crippen LogP contribution is -2.61. The topological polar surface area (TPSA) is 57.2 Å². The number of rotatable bonds is 6. The van der Waals surface area contributed by atoms with Crippen molar-refractivity contribution in [2.24, 2.45) is 41.4 Å². The Morgan fingerprint density at radius 1 is 0.925 bits per heavy atom. The molecule has 0 radical (unpaired) electrons. The number of nitrogens with zero attached hydrogens (tertiary/aromatic N) is 1. The summed E-state index contributed by atoms with van der Waals surface area (Å²) in [5.41, 5.74) is -0.211. The van der Waals surface area contributed by atoms with E-state index in [0.717, 1.165) is 39.1 Å². The lowest BCUT2D eigenvalue weighted by atomic mass is 9.55. The standard InChI is InChI=1S/C34H55NO5/c1-4-39-33(36)31-23(2)28-7-5-6-8-29(28)32-30(31)17-18-34(40-32,25-11-15-27(37-3)16-12-25)24-9-13-26(14-10-24)35-19-21-38-22-20-35/h17-18,23-32H,4-16,19-22H2,1-3H3. The Morgan fingerprint density at radius 2 is 1.57 bits per heavy atom. The van der Waals surface area contributed by atoms with Crippen LogP contribution >= 0.6 is 0 Å². The Morgan fingerprint density at radius 3 is 2.23 bits per heavy atom. The van der Waals surface area contributed by atoms with Crippen LogP contribution in [-0.4, -0.2) is 74.7 Å². The van der Waals surface area contributed by atoms with Crippen LogP contribution < -0.4 is 0 Å². The molecule has 7 atom stereocenters. The first kappa shape index (κ1) is 29.1. The van der Waals surface area contributed by atoms with Gasteiger partial charge in [0, 0.05) is 32.2 Å². The number of esters is 1. The van der Waals surface area contributed by atoms with Gasteiger partial charge in [0.1, 0.15) is 0 Å². The van der Waals surface area contributed by atoms with Crippen molar-refractivity contribution < 1.29 is 23.7 Å². The van der Waals surface area contributed by atoms with Crippen molar-refractivity contribution in [3.8, 4) is 0 Å². The SMILES string of the molecule is CCOC(=O)C1C(C)C2CCCCC2C2OC(C3CCC(OC)CC3)(C3CCC(N4CCOCC4)CC3)C=CC21. The van der Waals surface area contributed by atoms with Gasteiger partial charge in [0.05, 0.1) is 43.5 Å². The molecule has 0 aromatic heterocycles.